The third kappa shape index (κ3) is 2.31. The fraction of sp³-hybridized carbons (Fsp3) is 0.0714. The highest BCUT2D eigenvalue weighted by molar-refractivity contribution is 8.15. The van der Waals surface area contributed by atoms with Crippen molar-refractivity contribution in [1.29, 1.82) is 0 Å². The lowest BCUT2D eigenvalue weighted by molar-refractivity contribution is 0.599. The standard InChI is InChI=1S/C14H11NO2S2/c1-10-6-8-11(9-7-10)18-14-12-4-2-3-5-13(12)19(16,17)15-14/h2-9H,1H3. The fourth-order valence-electron chi connectivity index (χ4n) is 1.87. The molecule has 3 nitrogen and oxygen atoms in total. The highest BCUT2D eigenvalue weighted by atomic mass is 32.2. The van der Waals surface area contributed by atoms with Crippen LogP contribution in [0.5, 0.6) is 0 Å². The maximum Gasteiger partial charge on any atom is 0.284 e. The van der Waals surface area contributed by atoms with Crippen molar-refractivity contribution in [2.45, 2.75) is 16.7 Å². The molecule has 0 amide bonds. The number of nitrogens with zero attached hydrogens (tertiary/aromatic N) is 1. The van der Waals surface area contributed by atoms with Crippen molar-refractivity contribution in [1.82, 2.24) is 0 Å². The molecule has 3 rings (SSSR count). The molecule has 2 aromatic rings. The zero-order valence-electron chi connectivity index (χ0n) is 10.2. The van der Waals surface area contributed by atoms with E-state index in [-0.39, 0.29) is 0 Å². The Bertz CT molecular complexity index is 762. The van der Waals surface area contributed by atoms with Crippen molar-refractivity contribution >= 4 is 26.8 Å². The van der Waals surface area contributed by atoms with Crippen LogP contribution in [0, 0.1) is 6.92 Å². The Kier molecular flexibility index (Phi) is 2.95. The monoisotopic (exact) mass is 289 g/mol. The van der Waals surface area contributed by atoms with Gasteiger partial charge in [0.15, 0.2) is 0 Å². The van der Waals surface area contributed by atoms with E-state index < -0.39 is 10.0 Å². The summed E-state index contributed by atoms with van der Waals surface area (Å²) in [4.78, 5) is 1.28. The minimum atomic E-state index is -3.52. The Hall–Kier alpha value is -1.59. The van der Waals surface area contributed by atoms with Gasteiger partial charge in [-0.25, -0.2) is 0 Å². The van der Waals surface area contributed by atoms with E-state index in [1.165, 1.54) is 17.3 Å². The maximum atomic E-state index is 11.9. The first-order valence-corrected chi connectivity index (χ1v) is 8.01. The molecule has 0 unspecified atom stereocenters. The van der Waals surface area contributed by atoms with Gasteiger partial charge in [-0.05, 0) is 25.1 Å². The quantitative estimate of drug-likeness (QED) is 0.809. The minimum Gasteiger partial charge on any atom is -0.199 e. The van der Waals surface area contributed by atoms with Crippen LogP contribution in [0.2, 0.25) is 0 Å². The molecule has 0 N–H and O–H groups in total. The highest BCUT2D eigenvalue weighted by Crippen LogP contribution is 2.34. The maximum absolute atomic E-state index is 11.9. The Morgan fingerprint density at radius 3 is 2.42 bits per heavy atom. The number of hydrogen-bond acceptors (Lipinski definition) is 3. The molecule has 1 heterocycles. The minimum absolute atomic E-state index is 0.296. The van der Waals surface area contributed by atoms with Crippen molar-refractivity contribution in [3.05, 3.63) is 59.7 Å². The molecule has 2 aromatic carbocycles. The molecule has 0 bridgehead atoms. The zero-order chi connectivity index (χ0) is 13.5. The Morgan fingerprint density at radius 1 is 1.00 bits per heavy atom. The number of thioether (sulfide) groups is 1. The fourth-order valence-corrected chi connectivity index (χ4v) is 4.27. The second-order valence-electron chi connectivity index (χ2n) is 4.28. The van der Waals surface area contributed by atoms with Gasteiger partial charge in [-0.2, -0.15) is 12.8 Å². The summed E-state index contributed by atoms with van der Waals surface area (Å²) in [7, 11) is -3.52. The van der Waals surface area contributed by atoms with Crippen LogP contribution in [-0.2, 0) is 10.0 Å². The van der Waals surface area contributed by atoms with Gasteiger partial charge in [-0.3, -0.25) is 0 Å². The van der Waals surface area contributed by atoms with Crippen LogP contribution in [0.15, 0.2) is 62.7 Å². The van der Waals surface area contributed by atoms with Crippen molar-refractivity contribution in [2.24, 2.45) is 4.40 Å². The first-order valence-electron chi connectivity index (χ1n) is 5.75. The van der Waals surface area contributed by atoms with Crippen LogP contribution in [-0.4, -0.2) is 13.5 Å². The number of sulfonamides is 1. The van der Waals surface area contributed by atoms with Gasteiger partial charge in [0.1, 0.15) is 5.04 Å². The Morgan fingerprint density at radius 2 is 1.68 bits per heavy atom. The first-order chi connectivity index (χ1) is 9.06. The van der Waals surface area contributed by atoms with Crippen molar-refractivity contribution in [2.75, 3.05) is 0 Å². The molecule has 5 heteroatoms. The molecule has 0 aliphatic carbocycles. The van der Waals surface area contributed by atoms with Gasteiger partial charge in [0, 0.05) is 10.5 Å². The van der Waals surface area contributed by atoms with Gasteiger partial charge in [-0.1, -0.05) is 47.7 Å². The predicted octanol–water partition coefficient (Wildman–Crippen LogP) is 3.24. The molecule has 0 radical (unpaired) electrons. The summed E-state index contributed by atoms with van der Waals surface area (Å²) in [6.45, 7) is 2.02. The van der Waals surface area contributed by atoms with Crippen molar-refractivity contribution in [3.8, 4) is 0 Å². The molecule has 0 fully saturated rings. The second-order valence-corrected chi connectivity index (χ2v) is 6.92. The van der Waals surface area contributed by atoms with E-state index in [0.29, 0.717) is 15.5 Å². The smallest absolute Gasteiger partial charge is 0.199 e. The molecule has 0 saturated carbocycles. The molecule has 19 heavy (non-hydrogen) atoms. The van der Waals surface area contributed by atoms with Gasteiger partial charge in [0.25, 0.3) is 10.0 Å². The average molecular weight is 289 g/mol. The van der Waals surface area contributed by atoms with Crippen LogP contribution in [0.3, 0.4) is 0 Å². The van der Waals surface area contributed by atoms with Crippen molar-refractivity contribution < 1.29 is 8.42 Å². The lowest BCUT2D eigenvalue weighted by atomic mass is 10.2. The van der Waals surface area contributed by atoms with Gasteiger partial charge in [-0.15, -0.1) is 0 Å². The van der Waals surface area contributed by atoms with E-state index in [9.17, 15) is 8.42 Å². The molecular formula is C14H11NO2S2. The first kappa shape index (κ1) is 12.4. The SMILES string of the molecule is Cc1ccc(SC2=NS(=O)(=O)c3ccccc32)cc1. The van der Waals surface area contributed by atoms with E-state index in [4.69, 9.17) is 0 Å². The molecule has 0 aromatic heterocycles. The molecule has 0 atom stereocenters. The van der Waals surface area contributed by atoms with Gasteiger partial charge >= 0.3 is 0 Å². The number of hydrogen-bond donors (Lipinski definition) is 0. The second kappa shape index (κ2) is 4.51. The summed E-state index contributed by atoms with van der Waals surface area (Å²) in [6, 6.07) is 14.9. The molecule has 1 aliphatic rings. The summed E-state index contributed by atoms with van der Waals surface area (Å²) in [5.74, 6) is 0. The summed E-state index contributed by atoms with van der Waals surface area (Å²) in [6.07, 6.45) is 0. The lowest BCUT2D eigenvalue weighted by Crippen LogP contribution is -1.93. The molecule has 0 saturated heterocycles. The molecule has 96 valence electrons. The third-order valence-electron chi connectivity index (χ3n) is 2.83. The van der Waals surface area contributed by atoms with E-state index in [1.54, 1.807) is 18.2 Å². The van der Waals surface area contributed by atoms with Crippen LogP contribution in [0.4, 0.5) is 0 Å². The Labute approximate surface area is 116 Å². The van der Waals surface area contributed by atoms with Crippen molar-refractivity contribution in [3.63, 3.8) is 0 Å². The number of aryl methyl sites for hydroxylation is 1. The van der Waals surface area contributed by atoms with Crippen LogP contribution in [0.1, 0.15) is 11.1 Å². The Balaban J connectivity index is 2.01. The number of rotatable bonds is 1. The molecule has 0 spiro atoms. The number of benzene rings is 2. The third-order valence-corrected chi connectivity index (χ3v) is 5.30. The van der Waals surface area contributed by atoms with Gasteiger partial charge in [0.2, 0.25) is 0 Å². The largest absolute Gasteiger partial charge is 0.284 e. The van der Waals surface area contributed by atoms with E-state index in [1.807, 2.05) is 37.3 Å². The average Bonchev–Trinajstić information content (AvgIpc) is 2.65. The summed E-state index contributed by atoms with van der Waals surface area (Å²) in [5, 5.41) is 0.541. The van der Waals surface area contributed by atoms with Crippen LogP contribution < -0.4 is 0 Å². The summed E-state index contributed by atoms with van der Waals surface area (Å²) in [5.41, 5.74) is 1.86. The highest BCUT2D eigenvalue weighted by Gasteiger charge is 2.28. The van der Waals surface area contributed by atoms with Crippen LogP contribution >= 0.6 is 11.8 Å². The summed E-state index contributed by atoms with van der Waals surface area (Å²) >= 11 is 1.38. The topological polar surface area (TPSA) is 46.5 Å². The van der Waals surface area contributed by atoms with Gasteiger partial charge < -0.3 is 0 Å². The number of fused-ring (bicyclic) bond motifs is 1. The van der Waals surface area contributed by atoms with Gasteiger partial charge in [0.05, 0.1) is 4.90 Å². The molecule has 1 aliphatic heterocycles. The normalized spacial score (nSPS) is 15.9. The zero-order valence-corrected chi connectivity index (χ0v) is 11.8. The van der Waals surface area contributed by atoms with E-state index >= 15 is 0 Å². The van der Waals surface area contributed by atoms with E-state index in [2.05, 4.69) is 4.40 Å². The van der Waals surface area contributed by atoms with E-state index in [0.717, 1.165) is 4.90 Å². The summed E-state index contributed by atoms with van der Waals surface area (Å²) < 4.78 is 27.7. The lowest BCUT2D eigenvalue weighted by Gasteiger charge is -2.02. The van der Waals surface area contributed by atoms with Crippen LogP contribution in [0.25, 0.3) is 0 Å². The predicted molar refractivity (Wildman–Crippen MR) is 77.2 cm³/mol. The molecular weight excluding hydrogens is 278 g/mol.